The highest BCUT2D eigenvalue weighted by atomic mass is 28.4. The molecule has 0 bridgehead atoms. The van der Waals surface area contributed by atoms with E-state index in [1.807, 2.05) is 12.1 Å². The molecule has 5 aromatic rings. The number of benzene rings is 5. The summed E-state index contributed by atoms with van der Waals surface area (Å²) in [7, 11) is -5.07. The Morgan fingerprint density at radius 3 is 1.16 bits per heavy atom. The lowest BCUT2D eigenvalue weighted by Crippen LogP contribution is -2.85. The molecular formula is C38H36N2O2Si2. The van der Waals surface area contributed by atoms with E-state index in [4.69, 9.17) is 0 Å². The SMILES string of the molecule is O=C1c2ccccc2C(=O)N1CCCN1[Si](c2ccccc2)(c2ccccc2)CCC[Si]1(c1ccccc1)c1ccccc1. The van der Waals surface area contributed by atoms with E-state index >= 15 is 0 Å². The second-order valence-corrected chi connectivity index (χ2v) is 20.1. The van der Waals surface area contributed by atoms with E-state index in [9.17, 15) is 9.59 Å². The number of nitrogens with zero attached hydrogens (tertiary/aromatic N) is 2. The topological polar surface area (TPSA) is 40.6 Å². The minimum atomic E-state index is -2.53. The van der Waals surface area contributed by atoms with Crippen LogP contribution in [0.2, 0.25) is 12.1 Å². The molecule has 7 rings (SSSR count). The third-order valence-corrected chi connectivity index (χ3v) is 21.5. The molecule has 0 spiro atoms. The molecule has 0 saturated carbocycles. The van der Waals surface area contributed by atoms with Gasteiger partial charge in [-0.2, -0.15) is 0 Å². The number of carbonyl (C=O) groups excluding carboxylic acids is 2. The van der Waals surface area contributed by atoms with Crippen molar-refractivity contribution >= 4 is 49.0 Å². The van der Waals surface area contributed by atoms with E-state index in [2.05, 4.69) is 126 Å². The number of rotatable bonds is 8. The van der Waals surface area contributed by atoms with Gasteiger partial charge in [-0.3, -0.25) is 14.5 Å². The van der Waals surface area contributed by atoms with E-state index < -0.39 is 16.5 Å². The summed E-state index contributed by atoms with van der Waals surface area (Å²) in [6.07, 6.45) is 1.87. The predicted octanol–water partition coefficient (Wildman–Crippen LogP) is 4.90. The van der Waals surface area contributed by atoms with Crippen LogP contribution in [0.4, 0.5) is 0 Å². The van der Waals surface area contributed by atoms with Gasteiger partial charge in [0.05, 0.1) is 11.1 Å². The molecule has 1 fully saturated rings. The molecule has 6 heteroatoms. The molecule has 2 aliphatic rings. The Hall–Kier alpha value is -4.37. The highest BCUT2D eigenvalue weighted by Gasteiger charge is 2.57. The quantitative estimate of drug-likeness (QED) is 0.186. The fraction of sp³-hybridized carbons (Fsp3) is 0.158. The van der Waals surface area contributed by atoms with Crippen LogP contribution in [0.25, 0.3) is 0 Å². The third kappa shape index (κ3) is 4.61. The van der Waals surface area contributed by atoms with Crippen molar-refractivity contribution in [3.63, 3.8) is 0 Å². The van der Waals surface area contributed by atoms with Crippen LogP contribution in [0.15, 0.2) is 146 Å². The Morgan fingerprint density at radius 1 is 0.455 bits per heavy atom. The summed E-state index contributed by atoms with van der Waals surface area (Å²) in [6, 6.07) is 54.2. The average Bonchev–Trinajstić information content (AvgIpc) is 3.34. The third-order valence-electron chi connectivity index (χ3n) is 9.65. The number of imide groups is 1. The van der Waals surface area contributed by atoms with Crippen molar-refractivity contribution in [1.82, 2.24) is 9.13 Å². The predicted molar refractivity (Wildman–Crippen MR) is 183 cm³/mol. The first kappa shape index (κ1) is 28.4. The molecular weight excluding hydrogens is 573 g/mol. The van der Waals surface area contributed by atoms with Crippen LogP contribution in [0.1, 0.15) is 33.6 Å². The molecule has 2 heterocycles. The van der Waals surface area contributed by atoms with Gasteiger partial charge in [-0.05, 0) is 57.9 Å². The van der Waals surface area contributed by atoms with Gasteiger partial charge in [-0.1, -0.05) is 140 Å². The largest absolute Gasteiger partial charge is 0.331 e. The zero-order valence-corrected chi connectivity index (χ0v) is 26.8. The van der Waals surface area contributed by atoms with Crippen LogP contribution in [0, 0.1) is 0 Å². The molecule has 2 aliphatic heterocycles. The summed E-state index contributed by atoms with van der Waals surface area (Å²) in [5.74, 6) is -0.345. The molecule has 0 unspecified atom stereocenters. The fourth-order valence-electron chi connectivity index (χ4n) is 7.80. The Balaban J connectivity index is 1.38. The lowest BCUT2D eigenvalue weighted by Gasteiger charge is -2.57. The monoisotopic (exact) mass is 608 g/mol. The zero-order chi connectivity index (χ0) is 30.0. The van der Waals surface area contributed by atoms with Crippen molar-refractivity contribution in [2.24, 2.45) is 0 Å². The maximum Gasteiger partial charge on any atom is 0.261 e. The number of hydrogen-bond donors (Lipinski definition) is 0. The molecule has 0 atom stereocenters. The van der Waals surface area contributed by atoms with Crippen LogP contribution >= 0.6 is 0 Å². The maximum atomic E-state index is 13.3. The Labute approximate surface area is 261 Å². The average molecular weight is 609 g/mol. The summed E-state index contributed by atoms with van der Waals surface area (Å²) >= 11 is 0. The van der Waals surface area contributed by atoms with Crippen LogP contribution in [-0.2, 0) is 0 Å². The molecule has 218 valence electrons. The van der Waals surface area contributed by atoms with Gasteiger partial charge in [0.1, 0.15) is 0 Å². The van der Waals surface area contributed by atoms with E-state index in [1.54, 1.807) is 12.1 Å². The zero-order valence-electron chi connectivity index (χ0n) is 24.8. The Bertz CT molecular complexity index is 1560. The lowest BCUT2D eigenvalue weighted by atomic mass is 10.1. The van der Waals surface area contributed by atoms with E-state index in [-0.39, 0.29) is 11.8 Å². The first-order chi connectivity index (χ1) is 21.7. The molecule has 44 heavy (non-hydrogen) atoms. The molecule has 0 N–H and O–H groups in total. The van der Waals surface area contributed by atoms with Gasteiger partial charge in [0.15, 0.2) is 16.5 Å². The normalized spacial score (nSPS) is 17.4. The highest BCUT2D eigenvalue weighted by Crippen LogP contribution is 2.35. The smallest absolute Gasteiger partial charge is 0.261 e. The van der Waals surface area contributed by atoms with Crippen LogP contribution in [-0.4, -0.2) is 50.5 Å². The van der Waals surface area contributed by atoms with Gasteiger partial charge in [0.2, 0.25) is 0 Å². The molecule has 2 amide bonds. The minimum absolute atomic E-state index is 0.173. The van der Waals surface area contributed by atoms with Crippen LogP contribution in [0.5, 0.6) is 0 Å². The summed E-state index contributed by atoms with van der Waals surface area (Å²) in [5, 5.41) is 5.71. The van der Waals surface area contributed by atoms with Crippen molar-refractivity contribution in [1.29, 1.82) is 0 Å². The Morgan fingerprint density at radius 2 is 0.795 bits per heavy atom. The molecule has 0 radical (unpaired) electrons. The first-order valence-corrected chi connectivity index (χ1v) is 19.9. The van der Waals surface area contributed by atoms with E-state index in [0.717, 1.165) is 25.1 Å². The van der Waals surface area contributed by atoms with Gasteiger partial charge < -0.3 is 4.23 Å². The summed E-state index contributed by atoms with van der Waals surface area (Å²) in [5.41, 5.74) is 1.04. The van der Waals surface area contributed by atoms with E-state index in [0.29, 0.717) is 24.1 Å². The van der Waals surface area contributed by atoms with Crippen molar-refractivity contribution in [2.45, 2.75) is 24.9 Å². The Kier molecular flexibility index (Phi) is 7.72. The number of carbonyl (C=O) groups is 2. The highest BCUT2D eigenvalue weighted by molar-refractivity contribution is 7.14. The van der Waals surface area contributed by atoms with Gasteiger partial charge in [0.25, 0.3) is 11.8 Å². The standard InChI is InChI=1S/C38H36N2O2Si2/c41-37-35-25-13-14-26-36(35)38(42)39(37)27-15-28-40-43(31-17-5-1-6-18-31,32-19-7-2-8-20-32)29-16-30-44(40,33-21-9-3-10-22-33)34-23-11-4-12-24-34/h1-14,17-26H,15-16,27-30H2. The molecule has 1 saturated heterocycles. The van der Waals surface area contributed by atoms with E-state index in [1.165, 1.54) is 25.6 Å². The lowest BCUT2D eigenvalue weighted by molar-refractivity contribution is 0.0652. The number of fused-ring (bicyclic) bond motifs is 1. The fourth-order valence-corrected chi connectivity index (χ4v) is 22.0. The second-order valence-electron chi connectivity index (χ2n) is 11.9. The number of hydrogen-bond acceptors (Lipinski definition) is 3. The summed E-state index contributed by atoms with van der Waals surface area (Å²) < 4.78 is 2.98. The van der Waals surface area contributed by atoms with Crippen molar-refractivity contribution < 1.29 is 9.59 Å². The maximum absolute atomic E-state index is 13.3. The first-order valence-electron chi connectivity index (χ1n) is 15.6. The van der Waals surface area contributed by atoms with Gasteiger partial charge in [0, 0.05) is 6.54 Å². The summed E-state index contributed by atoms with van der Waals surface area (Å²) in [4.78, 5) is 28.1. The molecule has 0 aliphatic carbocycles. The van der Waals surface area contributed by atoms with Crippen molar-refractivity contribution in [3.05, 3.63) is 157 Å². The van der Waals surface area contributed by atoms with Gasteiger partial charge >= 0.3 is 0 Å². The van der Waals surface area contributed by atoms with Crippen LogP contribution < -0.4 is 20.7 Å². The van der Waals surface area contributed by atoms with Crippen molar-refractivity contribution in [2.75, 3.05) is 13.1 Å². The second kappa shape index (κ2) is 12.0. The summed E-state index contributed by atoms with van der Waals surface area (Å²) in [6.45, 7) is 1.21. The van der Waals surface area contributed by atoms with Gasteiger partial charge in [-0.15, -0.1) is 0 Å². The van der Waals surface area contributed by atoms with Gasteiger partial charge in [-0.25, -0.2) is 0 Å². The molecule has 5 aromatic carbocycles. The van der Waals surface area contributed by atoms with Crippen LogP contribution in [0.3, 0.4) is 0 Å². The van der Waals surface area contributed by atoms with Crippen molar-refractivity contribution in [3.8, 4) is 0 Å². The molecule has 0 aromatic heterocycles. The number of amides is 2. The molecule has 4 nitrogen and oxygen atoms in total. The minimum Gasteiger partial charge on any atom is -0.331 e.